The van der Waals surface area contributed by atoms with Gasteiger partial charge in [0.05, 0.1) is 22.4 Å². The normalized spacial score (nSPS) is 20.1. The van der Waals surface area contributed by atoms with Crippen molar-refractivity contribution in [2.75, 3.05) is 11.9 Å². The fraction of sp³-hybridized carbons (Fsp3) is 0.143. The van der Waals surface area contributed by atoms with E-state index in [2.05, 4.69) is 5.32 Å². The van der Waals surface area contributed by atoms with Crippen LogP contribution in [-0.2, 0) is 18.9 Å². The fourth-order valence-electron chi connectivity index (χ4n) is 6.38. The lowest BCUT2D eigenvalue weighted by Crippen LogP contribution is -2.43. The zero-order valence-electron chi connectivity index (χ0n) is 27.6. The van der Waals surface area contributed by atoms with Crippen molar-refractivity contribution >= 4 is 35.6 Å². The van der Waals surface area contributed by atoms with E-state index in [1.165, 1.54) is 12.1 Å². The summed E-state index contributed by atoms with van der Waals surface area (Å²) >= 11 is 0. The molecule has 1 N–H and O–H groups in total. The van der Waals surface area contributed by atoms with E-state index in [4.69, 9.17) is 18.9 Å². The second-order valence-electron chi connectivity index (χ2n) is 12.2. The summed E-state index contributed by atoms with van der Waals surface area (Å²) in [6.45, 7) is -0.360. The number of hydrogen-bond acceptors (Lipinski definition) is 8. The number of carbonyl (C=O) groups is 4. The summed E-state index contributed by atoms with van der Waals surface area (Å²) in [5.41, 5.74) is 2.39. The van der Waals surface area contributed by atoms with Crippen molar-refractivity contribution in [2.24, 2.45) is 0 Å². The molecule has 1 saturated heterocycles. The van der Waals surface area contributed by atoms with E-state index in [-0.39, 0.29) is 23.4 Å². The number of halogens is 1. The van der Waals surface area contributed by atoms with Gasteiger partial charge in [0.2, 0.25) is 0 Å². The Balaban J connectivity index is 1.24. The Morgan fingerprint density at radius 1 is 0.635 bits per heavy atom. The first-order valence-electron chi connectivity index (χ1n) is 16.6. The number of ether oxygens (including phenoxy) is 4. The summed E-state index contributed by atoms with van der Waals surface area (Å²) in [4.78, 5) is 53.2. The first-order valence-corrected chi connectivity index (χ1v) is 16.6. The topological polar surface area (TPSA) is 117 Å². The Kier molecular flexibility index (Phi) is 9.99. The van der Waals surface area contributed by atoms with Gasteiger partial charge >= 0.3 is 17.9 Å². The number of rotatable bonds is 10. The highest BCUT2D eigenvalue weighted by Gasteiger charge is 2.53. The maximum Gasteiger partial charge on any atom is 0.338 e. The van der Waals surface area contributed by atoms with E-state index >= 15 is 4.39 Å². The molecular weight excluding hydrogens is 665 g/mol. The monoisotopic (exact) mass is 697 g/mol. The van der Waals surface area contributed by atoms with Gasteiger partial charge < -0.3 is 24.3 Å². The third-order valence-electron chi connectivity index (χ3n) is 8.88. The standard InChI is InChI=1S/C42H32FNO8/c43-30-23-33-31(34(24-30)44-39(45)26-13-5-1-6-14-26)21-22-32(33)36-38(52-42(48)29-19-11-4-12-20-29)37(51-41(47)28-17-9-3-10-18-28)35(50-36)25-49-40(46)27-15-7-2-8-16-27/h1-24,32,35-38H,25H2,(H,44,45)/t32?,35?,36?,37-,38+/m1/s1. The number of amides is 1. The average molecular weight is 698 g/mol. The molecule has 0 saturated carbocycles. The Bertz CT molecular complexity index is 2110. The third-order valence-corrected chi connectivity index (χ3v) is 8.88. The molecule has 10 heteroatoms. The third kappa shape index (κ3) is 7.38. The molecule has 260 valence electrons. The maximum atomic E-state index is 15.3. The first-order chi connectivity index (χ1) is 25.4. The van der Waals surface area contributed by atoms with Crippen LogP contribution in [0.4, 0.5) is 10.1 Å². The van der Waals surface area contributed by atoms with Crippen LogP contribution in [0, 0.1) is 5.82 Å². The average Bonchev–Trinajstić information content (AvgIpc) is 3.75. The molecule has 52 heavy (non-hydrogen) atoms. The van der Waals surface area contributed by atoms with Gasteiger partial charge in [-0.05, 0) is 66.2 Å². The predicted octanol–water partition coefficient (Wildman–Crippen LogP) is 7.26. The summed E-state index contributed by atoms with van der Waals surface area (Å²) in [7, 11) is 0. The molecule has 5 aromatic carbocycles. The Hall–Kier alpha value is -6.39. The van der Waals surface area contributed by atoms with E-state index in [1.807, 2.05) is 0 Å². The van der Waals surface area contributed by atoms with Gasteiger partial charge in [0.15, 0.2) is 12.2 Å². The van der Waals surface area contributed by atoms with Gasteiger partial charge in [-0.25, -0.2) is 18.8 Å². The van der Waals surface area contributed by atoms with Gasteiger partial charge in [0, 0.05) is 17.0 Å². The van der Waals surface area contributed by atoms with Crippen molar-refractivity contribution in [3.63, 3.8) is 0 Å². The van der Waals surface area contributed by atoms with Crippen LogP contribution in [0.1, 0.15) is 58.5 Å². The lowest BCUT2D eigenvalue weighted by Gasteiger charge is -2.27. The highest BCUT2D eigenvalue weighted by atomic mass is 19.1. The van der Waals surface area contributed by atoms with Gasteiger partial charge in [-0.1, -0.05) is 84.9 Å². The lowest BCUT2D eigenvalue weighted by atomic mass is 9.90. The number of esters is 3. The highest BCUT2D eigenvalue weighted by molar-refractivity contribution is 6.05. The number of nitrogens with one attached hydrogen (secondary N) is 1. The minimum atomic E-state index is -1.25. The second-order valence-corrected chi connectivity index (χ2v) is 12.2. The van der Waals surface area contributed by atoms with Crippen molar-refractivity contribution in [1.29, 1.82) is 0 Å². The molecule has 0 radical (unpaired) electrons. The number of carbonyl (C=O) groups excluding carboxylic acids is 4. The summed E-state index contributed by atoms with van der Waals surface area (Å²) in [5.74, 6) is -3.84. The molecule has 5 aromatic rings. The van der Waals surface area contributed by atoms with Crippen LogP contribution in [-0.4, -0.2) is 54.8 Å². The number of benzene rings is 5. The van der Waals surface area contributed by atoms with Gasteiger partial charge in [0.1, 0.15) is 24.6 Å². The Morgan fingerprint density at radius 2 is 1.13 bits per heavy atom. The lowest BCUT2D eigenvalue weighted by molar-refractivity contribution is -0.0454. The maximum absolute atomic E-state index is 15.3. The Morgan fingerprint density at radius 3 is 1.69 bits per heavy atom. The van der Waals surface area contributed by atoms with Gasteiger partial charge in [-0.15, -0.1) is 0 Å². The molecule has 1 amide bonds. The summed E-state index contributed by atoms with van der Waals surface area (Å²) in [6, 6.07) is 36.0. The molecule has 5 atom stereocenters. The molecule has 1 aliphatic heterocycles. The highest BCUT2D eigenvalue weighted by Crippen LogP contribution is 2.44. The number of hydrogen-bond donors (Lipinski definition) is 1. The zero-order chi connectivity index (χ0) is 36.0. The number of anilines is 1. The Labute approximate surface area is 298 Å². The molecule has 7 rings (SSSR count). The number of fused-ring (bicyclic) bond motifs is 1. The van der Waals surface area contributed by atoms with E-state index < -0.39 is 60.0 Å². The first kappa shape index (κ1) is 34.1. The molecule has 0 spiro atoms. The second kappa shape index (κ2) is 15.2. The van der Waals surface area contributed by atoms with Crippen LogP contribution >= 0.6 is 0 Å². The molecule has 9 nitrogen and oxygen atoms in total. The molecule has 0 bridgehead atoms. The van der Waals surface area contributed by atoms with Crippen LogP contribution in [0.3, 0.4) is 0 Å². The van der Waals surface area contributed by atoms with Crippen molar-refractivity contribution < 1.29 is 42.5 Å². The largest absolute Gasteiger partial charge is 0.459 e. The summed E-state index contributed by atoms with van der Waals surface area (Å²) in [5, 5.41) is 2.80. The molecule has 1 heterocycles. The van der Waals surface area contributed by atoms with E-state index in [1.54, 1.807) is 133 Å². The van der Waals surface area contributed by atoms with Crippen LogP contribution in [0.2, 0.25) is 0 Å². The van der Waals surface area contributed by atoms with Gasteiger partial charge in [-0.3, -0.25) is 4.79 Å². The quantitative estimate of drug-likeness (QED) is 0.120. The summed E-state index contributed by atoms with van der Waals surface area (Å²) < 4.78 is 39.6. The van der Waals surface area contributed by atoms with E-state index in [9.17, 15) is 19.2 Å². The molecule has 1 aliphatic carbocycles. The van der Waals surface area contributed by atoms with Gasteiger partial charge in [-0.2, -0.15) is 0 Å². The van der Waals surface area contributed by atoms with Crippen LogP contribution in [0.15, 0.2) is 140 Å². The molecular formula is C42H32FNO8. The zero-order valence-corrected chi connectivity index (χ0v) is 27.6. The van der Waals surface area contributed by atoms with Crippen molar-refractivity contribution in [1.82, 2.24) is 0 Å². The van der Waals surface area contributed by atoms with E-state index in [0.29, 0.717) is 22.3 Å². The van der Waals surface area contributed by atoms with Crippen LogP contribution < -0.4 is 5.32 Å². The van der Waals surface area contributed by atoms with Crippen molar-refractivity contribution in [3.05, 3.63) is 179 Å². The smallest absolute Gasteiger partial charge is 0.338 e. The minimum absolute atomic E-state index is 0.235. The van der Waals surface area contributed by atoms with Gasteiger partial charge in [0.25, 0.3) is 5.91 Å². The van der Waals surface area contributed by atoms with Crippen LogP contribution in [0.25, 0.3) is 6.08 Å². The predicted molar refractivity (Wildman–Crippen MR) is 189 cm³/mol. The van der Waals surface area contributed by atoms with Crippen molar-refractivity contribution in [3.8, 4) is 0 Å². The van der Waals surface area contributed by atoms with E-state index in [0.717, 1.165) is 0 Å². The minimum Gasteiger partial charge on any atom is -0.459 e. The molecule has 1 fully saturated rings. The molecule has 3 unspecified atom stereocenters. The van der Waals surface area contributed by atoms with Crippen LogP contribution in [0.5, 0.6) is 0 Å². The fourth-order valence-corrected chi connectivity index (χ4v) is 6.38. The van der Waals surface area contributed by atoms with Crippen molar-refractivity contribution in [2.45, 2.75) is 30.3 Å². The molecule has 0 aromatic heterocycles. The summed E-state index contributed by atoms with van der Waals surface area (Å²) in [6.07, 6.45) is -1.15. The SMILES string of the molecule is O=C(Nc1cc(F)cc2c1C=CC2C1OC(COC(=O)c2ccccc2)[C@@H](OC(=O)c2ccccc2)[C@H]1OC(=O)c1ccccc1)c1ccccc1. The molecule has 2 aliphatic rings.